The highest BCUT2D eigenvalue weighted by Gasteiger charge is 2.62. The Balaban J connectivity index is 2.32. The monoisotopic (exact) mass is 278 g/mol. The molecule has 4 atom stereocenters. The van der Waals surface area contributed by atoms with Crippen molar-refractivity contribution in [1.29, 1.82) is 0 Å². The van der Waals surface area contributed by atoms with Gasteiger partial charge in [0.2, 0.25) is 0 Å². The number of hydrogen-bond acceptors (Lipinski definition) is 6. The van der Waals surface area contributed by atoms with Crippen molar-refractivity contribution in [3.05, 3.63) is 0 Å². The Hall–Kier alpha value is -0.690. The van der Waals surface area contributed by atoms with Gasteiger partial charge in [0.05, 0.1) is 13.5 Å². The van der Waals surface area contributed by atoms with E-state index in [-0.39, 0.29) is 0 Å². The molecule has 2 aliphatic rings. The van der Waals surface area contributed by atoms with Crippen molar-refractivity contribution in [3.63, 3.8) is 0 Å². The molecule has 0 bridgehead atoms. The zero-order valence-electron chi connectivity index (χ0n) is 10.3. The number of ketones is 1. The molecule has 0 spiro atoms. The molecule has 7 heteroatoms. The van der Waals surface area contributed by atoms with Gasteiger partial charge in [-0.25, -0.2) is 4.79 Å². The molecule has 2 rings (SSSR count). The molecule has 0 aromatic heterocycles. The predicted octanol–water partition coefficient (Wildman–Crippen LogP) is -0.00920. The number of aliphatic hydroxyl groups is 1. The Morgan fingerprint density at radius 1 is 1.50 bits per heavy atom. The molecule has 1 saturated carbocycles. The Kier molecular flexibility index (Phi) is 3.18. The van der Waals surface area contributed by atoms with E-state index in [2.05, 4.69) is 4.74 Å². The van der Waals surface area contributed by atoms with Crippen LogP contribution in [-0.4, -0.2) is 52.9 Å². The third kappa shape index (κ3) is 1.93. The lowest BCUT2D eigenvalue weighted by atomic mass is 9.80. The Morgan fingerprint density at radius 3 is 2.67 bits per heavy atom. The van der Waals surface area contributed by atoms with E-state index in [4.69, 9.17) is 21.1 Å². The normalized spacial score (nSPS) is 42.5. The molecule has 102 valence electrons. The summed E-state index contributed by atoms with van der Waals surface area (Å²) in [6.07, 6.45) is -2.16. The van der Waals surface area contributed by atoms with Crippen LogP contribution >= 0.6 is 11.6 Å². The number of halogens is 1. The average Bonchev–Trinajstić information content (AvgIpc) is 2.61. The van der Waals surface area contributed by atoms with Crippen LogP contribution in [-0.2, 0) is 23.8 Å². The van der Waals surface area contributed by atoms with Crippen LogP contribution in [0.25, 0.3) is 0 Å². The summed E-state index contributed by atoms with van der Waals surface area (Å²) in [5.74, 6) is -2.34. The van der Waals surface area contributed by atoms with Gasteiger partial charge in [0.25, 0.3) is 0 Å². The summed E-state index contributed by atoms with van der Waals surface area (Å²) in [5.41, 5.74) is -2.07. The van der Waals surface area contributed by atoms with E-state index in [1.807, 2.05) is 0 Å². The van der Waals surface area contributed by atoms with Gasteiger partial charge in [-0.3, -0.25) is 4.79 Å². The molecule has 1 aliphatic heterocycles. The van der Waals surface area contributed by atoms with Crippen molar-refractivity contribution in [2.45, 2.75) is 49.2 Å². The molecule has 0 radical (unpaired) electrons. The molecule has 0 amide bonds. The largest absolute Gasteiger partial charge is 0.467 e. The smallest absolute Gasteiger partial charge is 0.339 e. The maximum atomic E-state index is 11.9. The maximum absolute atomic E-state index is 11.9. The second-order valence-electron chi connectivity index (χ2n) is 4.98. The molecule has 1 saturated heterocycles. The third-order valence-electron chi connectivity index (χ3n) is 3.17. The van der Waals surface area contributed by atoms with Crippen LogP contribution in [0.1, 0.15) is 20.3 Å². The highest BCUT2D eigenvalue weighted by molar-refractivity contribution is 6.25. The Labute approximate surface area is 109 Å². The quantitative estimate of drug-likeness (QED) is 0.537. The van der Waals surface area contributed by atoms with Crippen molar-refractivity contribution in [2.24, 2.45) is 0 Å². The Morgan fingerprint density at radius 2 is 2.11 bits per heavy atom. The minimum atomic E-state index is -2.07. The summed E-state index contributed by atoms with van der Waals surface area (Å²) < 4.78 is 15.4. The van der Waals surface area contributed by atoms with Crippen LogP contribution in [0.15, 0.2) is 0 Å². The highest BCUT2D eigenvalue weighted by Crippen LogP contribution is 2.42. The Bertz CT molecular complexity index is 395. The van der Waals surface area contributed by atoms with Crippen molar-refractivity contribution in [1.82, 2.24) is 0 Å². The van der Waals surface area contributed by atoms with Gasteiger partial charge < -0.3 is 19.3 Å². The minimum absolute atomic E-state index is 0.421. The number of esters is 1. The molecular formula is C11H15ClO6. The number of rotatable bonds is 1. The molecule has 18 heavy (non-hydrogen) atoms. The van der Waals surface area contributed by atoms with Crippen LogP contribution in [0.5, 0.6) is 0 Å². The second-order valence-corrected chi connectivity index (χ2v) is 5.45. The van der Waals surface area contributed by atoms with Gasteiger partial charge >= 0.3 is 5.97 Å². The SMILES string of the molecule is COC(=O)[C@@]1(O)CC(=O)[C@@H]2OC(C)(C)O[C@@H]2[C@@H]1Cl. The van der Waals surface area contributed by atoms with E-state index in [1.165, 1.54) is 0 Å². The zero-order valence-corrected chi connectivity index (χ0v) is 11.1. The number of methoxy groups -OCH3 is 1. The van der Waals surface area contributed by atoms with Gasteiger partial charge in [-0.15, -0.1) is 11.6 Å². The summed E-state index contributed by atoms with van der Waals surface area (Å²) in [6.45, 7) is 3.28. The summed E-state index contributed by atoms with van der Waals surface area (Å²) in [5, 5.41) is 9.13. The molecule has 1 heterocycles. The van der Waals surface area contributed by atoms with E-state index in [0.717, 1.165) is 7.11 Å². The standard InChI is InChI=1S/C11H15ClO6/c1-10(2)17-6-5(13)4-11(15,9(14)16-3)8(12)7(6)18-10/h6-8,15H,4H2,1-3H3/t6-,7-,8-,11+/m0/s1. The number of carbonyl (C=O) groups excluding carboxylic acids is 2. The summed E-state index contributed by atoms with van der Waals surface area (Å²) in [6, 6.07) is 0. The first-order chi connectivity index (χ1) is 8.21. The van der Waals surface area contributed by atoms with E-state index < -0.39 is 47.1 Å². The van der Waals surface area contributed by atoms with E-state index in [9.17, 15) is 14.7 Å². The molecule has 1 aliphatic carbocycles. The first kappa shape index (κ1) is 13.7. The molecule has 0 unspecified atom stereocenters. The first-order valence-corrected chi connectivity index (χ1v) is 5.98. The number of carbonyl (C=O) groups is 2. The van der Waals surface area contributed by atoms with Gasteiger partial charge in [0.1, 0.15) is 17.6 Å². The molecule has 0 aromatic carbocycles. The average molecular weight is 279 g/mol. The fourth-order valence-electron chi connectivity index (χ4n) is 2.35. The number of ether oxygens (including phenoxy) is 3. The second kappa shape index (κ2) is 4.16. The predicted molar refractivity (Wildman–Crippen MR) is 60.1 cm³/mol. The van der Waals surface area contributed by atoms with Gasteiger partial charge in [0, 0.05) is 0 Å². The lowest BCUT2D eigenvalue weighted by Crippen LogP contribution is -2.61. The van der Waals surface area contributed by atoms with Gasteiger partial charge in [-0.2, -0.15) is 0 Å². The first-order valence-electron chi connectivity index (χ1n) is 5.54. The van der Waals surface area contributed by atoms with Crippen LogP contribution in [0.4, 0.5) is 0 Å². The lowest BCUT2D eigenvalue weighted by Gasteiger charge is -2.37. The number of alkyl halides is 1. The fraction of sp³-hybridized carbons (Fsp3) is 0.818. The van der Waals surface area contributed by atoms with E-state index in [0.29, 0.717) is 0 Å². The molecule has 6 nitrogen and oxygen atoms in total. The number of fused-ring (bicyclic) bond motifs is 1. The highest BCUT2D eigenvalue weighted by atomic mass is 35.5. The van der Waals surface area contributed by atoms with Crippen molar-refractivity contribution < 1.29 is 28.9 Å². The van der Waals surface area contributed by atoms with Crippen LogP contribution in [0, 0.1) is 0 Å². The van der Waals surface area contributed by atoms with Crippen molar-refractivity contribution >= 4 is 23.4 Å². The third-order valence-corrected chi connectivity index (χ3v) is 3.78. The van der Waals surface area contributed by atoms with Gasteiger partial charge in [-0.05, 0) is 13.8 Å². The van der Waals surface area contributed by atoms with Gasteiger partial charge in [0.15, 0.2) is 17.2 Å². The maximum Gasteiger partial charge on any atom is 0.339 e. The van der Waals surface area contributed by atoms with Gasteiger partial charge in [-0.1, -0.05) is 0 Å². The fourth-order valence-corrected chi connectivity index (χ4v) is 2.70. The van der Waals surface area contributed by atoms with E-state index in [1.54, 1.807) is 13.8 Å². The van der Waals surface area contributed by atoms with Crippen molar-refractivity contribution in [2.75, 3.05) is 7.11 Å². The van der Waals surface area contributed by atoms with Crippen molar-refractivity contribution in [3.8, 4) is 0 Å². The van der Waals surface area contributed by atoms with E-state index >= 15 is 0 Å². The summed E-state index contributed by atoms with van der Waals surface area (Å²) in [4.78, 5) is 23.5. The number of Topliss-reactive ketones (excluding diaryl/α,β-unsaturated/α-hetero) is 1. The molecule has 1 N–H and O–H groups in total. The lowest BCUT2D eigenvalue weighted by molar-refractivity contribution is -0.173. The molecular weight excluding hydrogens is 264 g/mol. The van der Waals surface area contributed by atoms with Crippen LogP contribution in [0.3, 0.4) is 0 Å². The molecule has 0 aromatic rings. The molecule has 2 fully saturated rings. The summed E-state index contributed by atoms with van der Waals surface area (Å²) >= 11 is 6.08. The van der Waals surface area contributed by atoms with Crippen LogP contribution in [0.2, 0.25) is 0 Å². The minimum Gasteiger partial charge on any atom is -0.467 e. The van der Waals surface area contributed by atoms with Crippen LogP contribution < -0.4 is 0 Å². The summed E-state index contributed by atoms with van der Waals surface area (Å²) in [7, 11) is 1.12. The topological polar surface area (TPSA) is 82.1 Å². The number of hydrogen-bond donors (Lipinski definition) is 1. The zero-order chi connectivity index (χ0) is 13.7.